The summed E-state index contributed by atoms with van der Waals surface area (Å²) in [6.07, 6.45) is 0. The molecule has 0 aliphatic heterocycles. The highest BCUT2D eigenvalue weighted by Crippen LogP contribution is 2.36. The average Bonchev–Trinajstić information content (AvgIpc) is 2.73. The Kier molecular flexibility index (Phi) is 6.14. The monoisotopic (exact) mass is 376 g/mol. The summed E-state index contributed by atoms with van der Waals surface area (Å²) in [6.45, 7) is 1.92. The lowest BCUT2D eigenvalue weighted by Crippen LogP contribution is -2.13. The molecule has 0 heterocycles. The topological polar surface area (TPSA) is 88.0 Å². The standard InChI is InChI=1S/C22H20N2O4/c1-15-10-11-19(22(26)23-18-9-5-8-17(12-18)13-25)20(24-27)21(15)28-14-16-6-3-2-4-7-16/h2-12,25H,13-14H2,1H3,(H,23,26). The first-order valence-electron chi connectivity index (χ1n) is 8.77. The predicted molar refractivity (Wildman–Crippen MR) is 108 cm³/mol. The van der Waals surface area contributed by atoms with Crippen molar-refractivity contribution in [2.75, 3.05) is 5.32 Å². The van der Waals surface area contributed by atoms with Crippen molar-refractivity contribution in [1.29, 1.82) is 0 Å². The van der Waals surface area contributed by atoms with E-state index in [1.165, 1.54) is 0 Å². The molecule has 6 nitrogen and oxygen atoms in total. The van der Waals surface area contributed by atoms with Gasteiger partial charge in [-0.05, 0) is 47.0 Å². The van der Waals surface area contributed by atoms with Gasteiger partial charge in [-0.25, -0.2) is 0 Å². The normalized spacial score (nSPS) is 10.4. The van der Waals surface area contributed by atoms with Gasteiger partial charge in [-0.15, -0.1) is 4.91 Å². The fourth-order valence-electron chi connectivity index (χ4n) is 2.80. The van der Waals surface area contributed by atoms with Crippen molar-refractivity contribution < 1.29 is 14.6 Å². The van der Waals surface area contributed by atoms with Crippen LogP contribution in [0, 0.1) is 11.8 Å². The minimum absolute atomic E-state index is 0.0354. The predicted octanol–water partition coefficient (Wildman–Crippen LogP) is 4.72. The number of carbonyl (C=O) groups excluding carboxylic acids is 1. The van der Waals surface area contributed by atoms with Gasteiger partial charge in [-0.1, -0.05) is 48.5 Å². The smallest absolute Gasteiger partial charge is 0.258 e. The van der Waals surface area contributed by atoms with Crippen LogP contribution >= 0.6 is 0 Å². The second-order valence-corrected chi connectivity index (χ2v) is 6.29. The first-order chi connectivity index (χ1) is 13.6. The lowest BCUT2D eigenvalue weighted by molar-refractivity contribution is 0.102. The maximum atomic E-state index is 12.7. The summed E-state index contributed by atoms with van der Waals surface area (Å²) < 4.78 is 5.82. The molecule has 3 aromatic carbocycles. The van der Waals surface area contributed by atoms with Crippen LogP contribution in [-0.4, -0.2) is 11.0 Å². The van der Waals surface area contributed by atoms with Crippen molar-refractivity contribution in [3.8, 4) is 5.75 Å². The molecule has 0 aliphatic rings. The molecule has 0 atom stereocenters. The summed E-state index contributed by atoms with van der Waals surface area (Å²) in [5.74, 6) is -0.190. The number of anilines is 1. The first-order valence-corrected chi connectivity index (χ1v) is 8.77. The van der Waals surface area contributed by atoms with Gasteiger partial charge in [0.05, 0.1) is 12.2 Å². The van der Waals surface area contributed by atoms with Crippen LogP contribution in [0.25, 0.3) is 0 Å². The number of hydrogen-bond donors (Lipinski definition) is 2. The van der Waals surface area contributed by atoms with Gasteiger partial charge < -0.3 is 15.2 Å². The number of ether oxygens (including phenoxy) is 1. The van der Waals surface area contributed by atoms with Crippen LogP contribution in [0.5, 0.6) is 5.75 Å². The van der Waals surface area contributed by atoms with Crippen molar-refractivity contribution in [2.24, 2.45) is 5.18 Å². The summed E-state index contributed by atoms with van der Waals surface area (Å²) >= 11 is 0. The maximum absolute atomic E-state index is 12.7. The lowest BCUT2D eigenvalue weighted by Gasteiger charge is -2.14. The number of hydrogen-bond acceptors (Lipinski definition) is 5. The third-order valence-corrected chi connectivity index (χ3v) is 4.26. The lowest BCUT2D eigenvalue weighted by atomic mass is 10.1. The van der Waals surface area contributed by atoms with E-state index in [4.69, 9.17) is 4.74 Å². The van der Waals surface area contributed by atoms with Gasteiger partial charge in [0.2, 0.25) is 0 Å². The van der Waals surface area contributed by atoms with E-state index in [0.717, 1.165) is 5.56 Å². The number of amides is 1. The van der Waals surface area contributed by atoms with Crippen LogP contribution in [0.15, 0.2) is 71.9 Å². The zero-order valence-corrected chi connectivity index (χ0v) is 15.4. The molecular formula is C22H20N2O4. The van der Waals surface area contributed by atoms with Crippen LogP contribution in [-0.2, 0) is 13.2 Å². The Morgan fingerprint density at radius 3 is 2.50 bits per heavy atom. The fraction of sp³-hybridized carbons (Fsp3) is 0.136. The highest BCUT2D eigenvalue weighted by atomic mass is 16.5. The minimum atomic E-state index is -0.478. The number of aryl methyl sites for hydroxylation is 1. The Bertz CT molecular complexity index is 987. The molecule has 0 saturated carbocycles. The highest BCUT2D eigenvalue weighted by molar-refractivity contribution is 6.08. The zero-order chi connectivity index (χ0) is 19.9. The van der Waals surface area contributed by atoms with E-state index in [1.54, 1.807) is 43.3 Å². The third kappa shape index (κ3) is 4.42. The second kappa shape index (κ2) is 8.92. The molecule has 0 fully saturated rings. The van der Waals surface area contributed by atoms with Gasteiger partial charge >= 0.3 is 0 Å². The van der Waals surface area contributed by atoms with Gasteiger partial charge in [0, 0.05) is 5.69 Å². The van der Waals surface area contributed by atoms with E-state index in [-0.39, 0.29) is 30.2 Å². The van der Waals surface area contributed by atoms with Crippen molar-refractivity contribution in [3.05, 3.63) is 93.9 Å². The first kappa shape index (κ1) is 19.3. The largest absolute Gasteiger partial charge is 0.486 e. The number of aliphatic hydroxyl groups is 1. The molecule has 3 rings (SSSR count). The Labute approximate surface area is 162 Å². The second-order valence-electron chi connectivity index (χ2n) is 6.29. The molecular weight excluding hydrogens is 356 g/mol. The van der Waals surface area contributed by atoms with Crippen molar-refractivity contribution >= 4 is 17.3 Å². The van der Waals surface area contributed by atoms with Crippen LogP contribution in [0.1, 0.15) is 27.0 Å². The molecule has 28 heavy (non-hydrogen) atoms. The summed E-state index contributed by atoms with van der Waals surface area (Å²) in [5, 5.41) is 15.0. The summed E-state index contributed by atoms with van der Waals surface area (Å²) in [7, 11) is 0. The van der Waals surface area contributed by atoms with Gasteiger partial charge in [-0.3, -0.25) is 4.79 Å². The number of carbonyl (C=O) groups is 1. The third-order valence-electron chi connectivity index (χ3n) is 4.26. The van der Waals surface area contributed by atoms with E-state index >= 15 is 0 Å². The number of aliphatic hydroxyl groups excluding tert-OH is 1. The van der Waals surface area contributed by atoms with Crippen LogP contribution in [0.4, 0.5) is 11.4 Å². The summed E-state index contributed by atoms with van der Waals surface area (Å²) in [5.41, 5.74) is 2.92. The molecule has 1 amide bonds. The van der Waals surface area contributed by atoms with Crippen LogP contribution in [0.3, 0.4) is 0 Å². The van der Waals surface area contributed by atoms with Crippen molar-refractivity contribution in [2.45, 2.75) is 20.1 Å². The molecule has 0 spiro atoms. The van der Waals surface area contributed by atoms with Crippen LogP contribution < -0.4 is 10.1 Å². The van der Waals surface area contributed by atoms with E-state index in [2.05, 4.69) is 10.5 Å². The fourth-order valence-corrected chi connectivity index (χ4v) is 2.80. The van der Waals surface area contributed by atoms with Gasteiger partial charge in [0.1, 0.15) is 6.61 Å². The molecule has 6 heteroatoms. The SMILES string of the molecule is Cc1ccc(C(=O)Nc2cccc(CO)c2)c(N=O)c1OCc1ccccc1. The molecule has 0 unspecified atom stereocenters. The Hall–Kier alpha value is -3.51. The quantitative estimate of drug-likeness (QED) is 0.584. The number of nitroso groups, excluding NO2 is 1. The van der Waals surface area contributed by atoms with E-state index in [9.17, 15) is 14.8 Å². The molecule has 0 radical (unpaired) electrons. The Morgan fingerprint density at radius 1 is 1.04 bits per heavy atom. The Morgan fingerprint density at radius 2 is 1.79 bits per heavy atom. The maximum Gasteiger partial charge on any atom is 0.258 e. The van der Waals surface area contributed by atoms with Gasteiger partial charge in [0.25, 0.3) is 5.91 Å². The van der Waals surface area contributed by atoms with Crippen molar-refractivity contribution in [3.63, 3.8) is 0 Å². The Balaban J connectivity index is 1.86. The van der Waals surface area contributed by atoms with E-state index < -0.39 is 5.91 Å². The molecule has 0 aromatic heterocycles. The minimum Gasteiger partial charge on any atom is -0.486 e. The molecule has 3 aromatic rings. The van der Waals surface area contributed by atoms with Crippen LogP contribution in [0.2, 0.25) is 0 Å². The van der Waals surface area contributed by atoms with E-state index in [1.807, 2.05) is 30.3 Å². The van der Waals surface area contributed by atoms with E-state index in [0.29, 0.717) is 16.8 Å². The average molecular weight is 376 g/mol. The van der Waals surface area contributed by atoms with Gasteiger partial charge in [-0.2, -0.15) is 0 Å². The highest BCUT2D eigenvalue weighted by Gasteiger charge is 2.19. The molecule has 0 aliphatic carbocycles. The molecule has 2 N–H and O–H groups in total. The number of nitrogens with one attached hydrogen (secondary N) is 1. The number of rotatable bonds is 7. The summed E-state index contributed by atoms with van der Waals surface area (Å²) in [6, 6.07) is 19.6. The molecule has 142 valence electrons. The number of nitrogens with zero attached hydrogens (tertiary/aromatic N) is 1. The molecule has 0 bridgehead atoms. The zero-order valence-electron chi connectivity index (χ0n) is 15.4. The number of benzene rings is 3. The van der Waals surface area contributed by atoms with Crippen molar-refractivity contribution in [1.82, 2.24) is 0 Å². The summed E-state index contributed by atoms with van der Waals surface area (Å²) in [4.78, 5) is 24.2. The molecule has 0 saturated heterocycles. The van der Waals surface area contributed by atoms with Gasteiger partial charge in [0.15, 0.2) is 11.4 Å².